The van der Waals surface area contributed by atoms with Gasteiger partial charge in [-0.25, -0.2) is 4.79 Å². The largest absolute Gasteiger partial charge is 0.465 e. The second-order valence-corrected chi connectivity index (χ2v) is 8.31. The number of thiophene rings is 1. The van der Waals surface area contributed by atoms with Crippen LogP contribution in [0.4, 0.5) is 0 Å². The molecular weight excluding hydrogens is 409 g/mol. The molecule has 0 aliphatic carbocycles. The van der Waals surface area contributed by atoms with Crippen LogP contribution in [0.3, 0.4) is 0 Å². The van der Waals surface area contributed by atoms with Crippen LogP contribution in [0.2, 0.25) is 10.0 Å². The first-order chi connectivity index (χ1) is 13.0. The SMILES string of the molecule is COC(=O)c1ccc(COC[C@H]2CCC(=O)N2Cc2cc(Cl)cc(Cl)c2)s1. The molecule has 0 bridgehead atoms. The number of nitrogens with zero attached hydrogens (tertiary/aromatic N) is 1. The van der Waals surface area contributed by atoms with Crippen LogP contribution in [0.15, 0.2) is 30.3 Å². The van der Waals surface area contributed by atoms with Crippen molar-refractivity contribution in [3.05, 3.63) is 55.7 Å². The smallest absolute Gasteiger partial charge is 0.348 e. The van der Waals surface area contributed by atoms with Crippen molar-refractivity contribution in [1.82, 2.24) is 4.90 Å². The fraction of sp³-hybridized carbons (Fsp3) is 0.368. The molecule has 2 heterocycles. The first-order valence-electron chi connectivity index (χ1n) is 8.45. The first kappa shape index (κ1) is 20.1. The predicted molar refractivity (Wildman–Crippen MR) is 105 cm³/mol. The third-order valence-corrected chi connectivity index (χ3v) is 5.81. The van der Waals surface area contributed by atoms with Crippen molar-refractivity contribution in [2.75, 3.05) is 13.7 Å². The molecule has 0 N–H and O–H groups in total. The van der Waals surface area contributed by atoms with Gasteiger partial charge in [0.1, 0.15) is 4.88 Å². The minimum Gasteiger partial charge on any atom is -0.465 e. The molecule has 1 saturated heterocycles. The summed E-state index contributed by atoms with van der Waals surface area (Å²) in [6, 6.07) is 8.89. The van der Waals surface area contributed by atoms with Gasteiger partial charge in [-0.05, 0) is 42.3 Å². The van der Waals surface area contributed by atoms with E-state index in [9.17, 15) is 9.59 Å². The summed E-state index contributed by atoms with van der Waals surface area (Å²) < 4.78 is 10.5. The Labute approximate surface area is 171 Å². The van der Waals surface area contributed by atoms with Crippen LogP contribution >= 0.6 is 34.5 Å². The fourth-order valence-corrected chi connectivity index (χ4v) is 4.48. The number of ether oxygens (including phenoxy) is 2. The number of methoxy groups -OCH3 is 1. The van der Waals surface area contributed by atoms with Crippen LogP contribution in [0.5, 0.6) is 0 Å². The lowest BCUT2D eigenvalue weighted by atomic mass is 10.2. The van der Waals surface area contributed by atoms with Crippen molar-refractivity contribution in [3.63, 3.8) is 0 Å². The number of likely N-dealkylation sites (tertiary alicyclic amines) is 1. The molecule has 2 aromatic rings. The maximum Gasteiger partial charge on any atom is 0.348 e. The number of esters is 1. The number of rotatable bonds is 7. The lowest BCUT2D eigenvalue weighted by Crippen LogP contribution is -2.35. The zero-order valence-corrected chi connectivity index (χ0v) is 17.1. The van der Waals surface area contributed by atoms with Crippen molar-refractivity contribution in [1.29, 1.82) is 0 Å². The van der Waals surface area contributed by atoms with E-state index < -0.39 is 0 Å². The van der Waals surface area contributed by atoms with Crippen molar-refractivity contribution < 1.29 is 19.1 Å². The number of amides is 1. The zero-order chi connectivity index (χ0) is 19.4. The van der Waals surface area contributed by atoms with Gasteiger partial charge in [-0.3, -0.25) is 4.79 Å². The number of carbonyl (C=O) groups excluding carboxylic acids is 2. The Hall–Kier alpha value is -1.60. The molecule has 1 aromatic carbocycles. The van der Waals surface area contributed by atoms with E-state index in [1.807, 2.05) is 23.1 Å². The molecule has 0 radical (unpaired) electrons. The molecular formula is C19H19Cl2NO4S. The van der Waals surface area contributed by atoms with E-state index >= 15 is 0 Å². The fourth-order valence-electron chi connectivity index (χ4n) is 3.04. The highest BCUT2D eigenvalue weighted by molar-refractivity contribution is 7.13. The van der Waals surface area contributed by atoms with Gasteiger partial charge in [0.05, 0.1) is 26.4 Å². The first-order valence-corrected chi connectivity index (χ1v) is 10.0. The summed E-state index contributed by atoms with van der Waals surface area (Å²) in [5.41, 5.74) is 0.897. The van der Waals surface area contributed by atoms with Crippen LogP contribution in [-0.2, 0) is 27.4 Å². The normalized spacial score (nSPS) is 16.8. The second-order valence-electron chi connectivity index (χ2n) is 6.26. The Kier molecular flexibility index (Phi) is 6.76. The number of halogens is 2. The van der Waals surface area contributed by atoms with Gasteiger partial charge in [0.25, 0.3) is 0 Å². The number of benzene rings is 1. The van der Waals surface area contributed by atoms with Gasteiger partial charge in [0.2, 0.25) is 5.91 Å². The molecule has 1 aromatic heterocycles. The summed E-state index contributed by atoms with van der Waals surface area (Å²) in [6.07, 6.45) is 1.26. The highest BCUT2D eigenvalue weighted by atomic mass is 35.5. The van der Waals surface area contributed by atoms with Crippen LogP contribution in [0.1, 0.15) is 33.0 Å². The Morgan fingerprint density at radius 2 is 2.00 bits per heavy atom. The van der Waals surface area contributed by atoms with Crippen molar-refractivity contribution in [2.24, 2.45) is 0 Å². The van der Waals surface area contributed by atoms with Crippen molar-refractivity contribution in [2.45, 2.75) is 32.0 Å². The van der Waals surface area contributed by atoms with Crippen molar-refractivity contribution in [3.8, 4) is 0 Å². The molecule has 27 heavy (non-hydrogen) atoms. The Morgan fingerprint density at radius 3 is 2.70 bits per heavy atom. The second kappa shape index (κ2) is 9.06. The number of hydrogen-bond acceptors (Lipinski definition) is 5. The number of hydrogen-bond donors (Lipinski definition) is 0. The van der Waals surface area contributed by atoms with Gasteiger partial charge in [-0.1, -0.05) is 23.2 Å². The topological polar surface area (TPSA) is 55.8 Å². The quantitative estimate of drug-likeness (QED) is 0.608. The summed E-state index contributed by atoms with van der Waals surface area (Å²) in [6.45, 7) is 1.29. The van der Waals surface area contributed by atoms with Gasteiger partial charge < -0.3 is 14.4 Å². The van der Waals surface area contributed by atoms with Crippen LogP contribution in [0, 0.1) is 0 Å². The van der Waals surface area contributed by atoms with E-state index in [1.54, 1.807) is 12.1 Å². The molecule has 1 atom stereocenters. The highest BCUT2D eigenvalue weighted by Gasteiger charge is 2.31. The summed E-state index contributed by atoms with van der Waals surface area (Å²) in [5, 5.41) is 1.10. The van der Waals surface area contributed by atoms with E-state index in [0.29, 0.717) is 41.1 Å². The number of carbonyl (C=O) groups is 2. The molecule has 1 fully saturated rings. The molecule has 144 valence electrons. The molecule has 3 rings (SSSR count). The molecule has 0 unspecified atom stereocenters. The van der Waals surface area contributed by atoms with E-state index in [0.717, 1.165) is 16.9 Å². The molecule has 0 spiro atoms. The minimum atomic E-state index is -0.348. The molecule has 1 aliphatic heterocycles. The highest BCUT2D eigenvalue weighted by Crippen LogP contribution is 2.26. The maximum atomic E-state index is 12.3. The van der Waals surface area contributed by atoms with E-state index in [2.05, 4.69) is 0 Å². The average Bonchev–Trinajstić information content (AvgIpc) is 3.22. The van der Waals surface area contributed by atoms with E-state index in [-0.39, 0.29) is 17.9 Å². The molecule has 1 amide bonds. The van der Waals surface area contributed by atoms with Gasteiger partial charge in [0.15, 0.2) is 0 Å². The Morgan fingerprint density at radius 1 is 1.26 bits per heavy atom. The monoisotopic (exact) mass is 427 g/mol. The van der Waals surface area contributed by atoms with Crippen LogP contribution in [-0.4, -0.2) is 36.5 Å². The minimum absolute atomic E-state index is 0.00953. The van der Waals surface area contributed by atoms with E-state index in [4.69, 9.17) is 32.7 Å². The van der Waals surface area contributed by atoms with E-state index in [1.165, 1.54) is 18.4 Å². The van der Waals surface area contributed by atoms with Crippen LogP contribution in [0.25, 0.3) is 0 Å². The third kappa shape index (κ3) is 5.23. The Bertz CT molecular complexity index is 819. The summed E-state index contributed by atoms with van der Waals surface area (Å²) in [7, 11) is 1.36. The van der Waals surface area contributed by atoms with Gasteiger partial charge >= 0.3 is 5.97 Å². The standard InChI is InChI=1S/C19H19Cl2NO4S/c1-25-19(24)17-4-3-16(27-17)11-26-10-15-2-5-18(23)22(15)9-12-6-13(20)8-14(21)7-12/h3-4,6-8,15H,2,5,9-11H2,1H3/t15-/m1/s1. The lowest BCUT2D eigenvalue weighted by molar-refractivity contribution is -0.130. The summed E-state index contributed by atoms with van der Waals surface area (Å²) >= 11 is 13.4. The van der Waals surface area contributed by atoms with Gasteiger partial charge in [0, 0.05) is 27.9 Å². The predicted octanol–water partition coefficient (Wildman–Crippen LogP) is 4.55. The van der Waals surface area contributed by atoms with Crippen LogP contribution < -0.4 is 0 Å². The lowest BCUT2D eigenvalue weighted by Gasteiger charge is -2.25. The Balaban J connectivity index is 1.56. The summed E-state index contributed by atoms with van der Waals surface area (Å²) in [4.78, 5) is 27.1. The molecule has 1 aliphatic rings. The maximum absolute atomic E-state index is 12.3. The summed E-state index contributed by atoms with van der Waals surface area (Å²) in [5.74, 6) is -0.247. The molecule has 5 nitrogen and oxygen atoms in total. The molecule has 0 saturated carbocycles. The van der Waals surface area contributed by atoms with Gasteiger partial charge in [-0.2, -0.15) is 0 Å². The van der Waals surface area contributed by atoms with Crippen molar-refractivity contribution >= 4 is 46.4 Å². The third-order valence-electron chi connectivity index (χ3n) is 4.33. The van der Waals surface area contributed by atoms with Gasteiger partial charge in [-0.15, -0.1) is 11.3 Å². The average molecular weight is 428 g/mol. The zero-order valence-electron chi connectivity index (χ0n) is 14.7. The molecule has 8 heteroatoms.